The van der Waals surface area contributed by atoms with Crippen molar-refractivity contribution in [2.75, 3.05) is 26.7 Å². The molecular formula is C12H25N3O. The van der Waals surface area contributed by atoms with Gasteiger partial charge < -0.3 is 15.5 Å². The summed E-state index contributed by atoms with van der Waals surface area (Å²) in [6.45, 7) is 12.0. The molecule has 1 atom stereocenters. The minimum Gasteiger partial charge on any atom is -0.351 e. The lowest BCUT2D eigenvalue weighted by molar-refractivity contribution is -0.122. The van der Waals surface area contributed by atoms with Crippen LogP contribution in [0, 0.1) is 0 Å². The van der Waals surface area contributed by atoms with E-state index in [1.807, 2.05) is 6.92 Å². The Bertz CT molecular complexity index is 216. The second-order valence-electron chi connectivity index (χ2n) is 4.28. The van der Waals surface area contributed by atoms with Crippen LogP contribution in [0.1, 0.15) is 20.8 Å². The molecule has 0 bridgehead atoms. The lowest BCUT2D eigenvalue weighted by Gasteiger charge is -2.22. The summed E-state index contributed by atoms with van der Waals surface area (Å²) >= 11 is 0. The third-order valence-corrected chi connectivity index (χ3v) is 2.61. The van der Waals surface area contributed by atoms with Crippen LogP contribution in [0.2, 0.25) is 0 Å². The molecule has 0 aliphatic rings. The molecule has 0 saturated heterocycles. The molecule has 16 heavy (non-hydrogen) atoms. The van der Waals surface area contributed by atoms with E-state index in [9.17, 15) is 4.79 Å². The van der Waals surface area contributed by atoms with E-state index in [1.54, 1.807) is 6.08 Å². The van der Waals surface area contributed by atoms with Crippen molar-refractivity contribution in [3.05, 3.63) is 12.7 Å². The lowest BCUT2D eigenvalue weighted by atomic mass is 10.3. The van der Waals surface area contributed by atoms with Crippen LogP contribution in [0.3, 0.4) is 0 Å². The van der Waals surface area contributed by atoms with Crippen molar-refractivity contribution in [2.45, 2.75) is 32.9 Å². The summed E-state index contributed by atoms with van der Waals surface area (Å²) in [4.78, 5) is 13.7. The van der Waals surface area contributed by atoms with E-state index in [1.165, 1.54) is 0 Å². The molecular weight excluding hydrogens is 202 g/mol. The monoisotopic (exact) mass is 227 g/mol. The van der Waals surface area contributed by atoms with E-state index >= 15 is 0 Å². The summed E-state index contributed by atoms with van der Waals surface area (Å²) in [6, 6.07) is 0.382. The summed E-state index contributed by atoms with van der Waals surface area (Å²) in [6.07, 6.45) is 1.68. The number of nitrogens with zero attached hydrogens (tertiary/aromatic N) is 1. The molecule has 0 aliphatic heterocycles. The van der Waals surface area contributed by atoms with Gasteiger partial charge in [-0.3, -0.25) is 4.79 Å². The van der Waals surface area contributed by atoms with E-state index in [-0.39, 0.29) is 11.9 Å². The molecule has 1 unspecified atom stereocenters. The molecule has 2 N–H and O–H groups in total. The van der Waals surface area contributed by atoms with Gasteiger partial charge >= 0.3 is 0 Å². The summed E-state index contributed by atoms with van der Waals surface area (Å²) in [5, 5.41) is 5.95. The van der Waals surface area contributed by atoms with Crippen molar-refractivity contribution >= 4 is 5.91 Å². The Morgan fingerprint density at radius 3 is 2.56 bits per heavy atom. The molecule has 0 fully saturated rings. The van der Waals surface area contributed by atoms with Crippen molar-refractivity contribution in [3.8, 4) is 0 Å². The minimum absolute atomic E-state index is 0.0205. The first kappa shape index (κ1) is 15.1. The molecule has 0 saturated carbocycles. The van der Waals surface area contributed by atoms with Gasteiger partial charge in [-0.25, -0.2) is 0 Å². The van der Waals surface area contributed by atoms with Crippen LogP contribution < -0.4 is 10.6 Å². The Labute approximate surface area is 99.1 Å². The topological polar surface area (TPSA) is 44.4 Å². The lowest BCUT2D eigenvalue weighted by Crippen LogP contribution is -2.45. The Morgan fingerprint density at radius 1 is 1.44 bits per heavy atom. The van der Waals surface area contributed by atoms with Gasteiger partial charge in [0, 0.05) is 25.7 Å². The maximum atomic E-state index is 11.5. The van der Waals surface area contributed by atoms with E-state index in [0.717, 1.165) is 13.1 Å². The van der Waals surface area contributed by atoms with Gasteiger partial charge in [0.05, 0.1) is 6.04 Å². The quantitative estimate of drug-likeness (QED) is 0.597. The molecule has 4 heteroatoms. The average molecular weight is 227 g/mol. The zero-order valence-electron chi connectivity index (χ0n) is 10.9. The second kappa shape index (κ2) is 8.30. The Morgan fingerprint density at radius 2 is 2.06 bits per heavy atom. The average Bonchev–Trinajstić information content (AvgIpc) is 2.25. The maximum absolute atomic E-state index is 11.5. The van der Waals surface area contributed by atoms with E-state index < -0.39 is 0 Å². The molecule has 0 aromatic rings. The number of amides is 1. The molecule has 0 rings (SSSR count). The fourth-order valence-electron chi connectivity index (χ4n) is 1.13. The molecule has 4 nitrogen and oxygen atoms in total. The fourth-order valence-corrected chi connectivity index (χ4v) is 1.13. The first-order valence-electron chi connectivity index (χ1n) is 5.81. The van der Waals surface area contributed by atoms with E-state index in [0.29, 0.717) is 12.6 Å². The summed E-state index contributed by atoms with van der Waals surface area (Å²) < 4.78 is 0. The molecule has 0 aromatic heterocycles. The summed E-state index contributed by atoms with van der Waals surface area (Å²) in [5.74, 6) is 0.0205. The zero-order chi connectivity index (χ0) is 12.6. The summed E-state index contributed by atoms with van der Waals surface area (Å²) in [7, 11) is 2.08. The number of carbonyl (C=O) groups excluding carboxylic acids is 1. The second-order valence-corrected chi connectivity index (χ2v) is 4.28. The van der Waals surface area contributed by atoms with Crippen molar-refractivity contribution in [1.29, 1.82) is 0 Å². The van der Waals surface area contributed by atoms with Crippen LogP contribution in [0.15, 0.2) is 12.7 Å². The third kappa shape index (κ3) is 6.58. The van der Waals surface area contributed by atoms with Gasteiger partial charge in [0.1, 0.15) is 0 Å². The van der Waals surface area contributed by atoms with Crippen molar-refractivity contribution in [3.63, 3.8) is 0 Å². The van der Waals surface area contributed by atoms with Crippen molar-refractivity contribution in [1.82, 2.24) is 15.5 Å². The van der Waals surface area contributed by atoms with Gasteiger partial charge in [-0.2, -0.15) is 0 Å². The van der Waals surface area contributed by atoms with Gasteiger partial charge in [-0.05, 0) is 27.8 Å². The van der Waals surface area contributed by atoms with Gasteiger partial charge in [0.15, 0.2) is 0 Å². The number of hydrogen-bond donors (Lipinski definition) is 2. The van der Waals surface area contributed by atoms with Crippen LogP contribution >= 0.6 is 0 Å². The highest BCUT2D eigenvalue weighted by Gasteiger charge is 2.11. The van der Waals surface area contributed by atoms with Gasteiger partial charge in [-0.15, -0.1) is 6.58 Å². The van der Waals surface area contributed by atoms with Crippen molar-refractivity contribution in [2.24, 2.45) is 0 Å². The summed E-state index contributed by atoms with van der Waals surface area (Å²) in [5.41, 5.74) is 0. The SMILES string of the molecule is C=CCNC(=O)C(C)NCCN(C)C(C)C. The van der Waals surface area contributed by atoms with Crippen LogP contribution in [0.5, 0.6) is 0 Å². The predicted octanol–water partition coefficient (Wildman–Crippen LogP) is 0.607. The van der Waals surface area contributed by atoms with Crippen LogP contribution in [0.4, 0.5) is 0 Å². The van der Waals surface area contributed by atoms with E-state index in [4.69, 9.17) is 0 Å². The number of nitrogens with one attached hydrogen (secondary N) is 2. The Balaban J connectivity index is 3.68. The number of likely N-dealkylation sites (N-methyl/N-ethyl adjacent to an activating group) is 1. The predicted molar refractivity (Wildman–Crippen MR) is 68.4 cm³/mol. The molecule has 0 aliphatic carbocycles. The standard InChI is InChI=1S/C12H25N3O/c1-6-7-14-12(16)11(4)13-8-9-15(5)10(2)3/h6,10-11,13H,1,7-9H2,2-5H3,(H,14,16). The first-order valence-corrected chi connectivity index (χ1v) is 5.81. The van der Waals surface area contributed by atoms with E-state index in [2.05, 4.69) is 43.0 Å². The number of carbonyl (C=O) groups is 1. The fraction of sp³-hybridized carbons (Fsp3) is 0.750. The van der Waals surface area contributed by atoms with Gasteiger partial charge in [-0.1, -0.05) is 6.08 Å². The number of rotatable bonds is 8. The highest BCUT2D eigenvalue weighted by atomic mass is 16.2. The van der Waals surface area contributed by atoms with Crippen LogP contribution in [-0.4, -0.2) is 49.6 Å². The normalized spacial score (nSPS) is 12.9. The zero-order valence-corrected chi connectivity index (χ0v) is 10.9. The largest absolute Gasteiger partial charge is 0.351 e. The molecule has 94 valence electrons. The number of hydrogen-bond acceptors (Lipinski definition) is 3. The first-order chi connectivity index (χ1) is 7.49. The molecule has 0 spiro atoms. The Kier molecular flexibility index (Phi) is 7.85. The van der Waals surface area contributed by atoms with Gasteiger partial charge in [0.25, 0.3) is 0 Å². The third-order valence-electron chi connectivity index (χ3n) is 2.61. The smallest absolute Gasteiger partial charge is 0.237 e. The van der Waals surface area contributed by atoms with Gasteiger partial charge in [0.2, 0.25) is 5.91 Å². The van der Waals surface area contributed by atoms with Crippen LogP contribution in [-0.2, 0) is 4.79 Å². The maximum Gasteiger partial charge on any atom is 0.237 e. The highest BCUT2D eigenvalue weighted by molar-refractivity contribution is 5.81. The minimum atomic E-state index is -0.152. The molecule has 1 amide bonds. The molecule has 0 radical (unpaired) electrons. The van der Waals surface area contributed by atoms with Crippen LogP contribution in [0.25, 0.3) is 0 Å². The van der Waals surface area contributed by atoms with Crippen molar-refractivity contribution < 1.29 is 4.79 Å². The molecule has 0 aromatic carbocycles. The highest BCUT2D eigenvalue weighted by Crippen LogP contribution is 1.91. The molecule has 0 heterocycles. The Hall–Kier alpha value is -0.870.